The highest BCUT2D eigenvalue weighted by Gasteiger charge is 2.09. The Balaban J connectivity index is 2.32. The maximum absolute atomic E-state index is 4.61. The van der Waals surface area contributed by atoms with Crippen molar-refractivity contribution in [3.63, 3.8) is 0 Å². The van der Waals surface area contributed by atoms with Crippen LogP contribution < -0.4 is 10.6 Å². The Labute approximate surface area is 129 Å². The van der Waals surface area contributed by atoms with Crippen LogP contribution in [0.25, 0.3) is 28.1 Å². The van der Waals surface area contributed by atoms with Crippen LogP contribution in [0.2, 0.25) is 0 Å². The van der Waals surface area contributed by atoms with Crippen molar-refractivity contribution in [1.29, 1.82) is 0 Å². The molecule has 0 fully saturated rings. The van der Waals surface area contributed by atoms with Crippen LogP contribution in [0.1, 0.15) is 18.1 Å². The molecular weight excluding hydrogens is 274 g/mol. The van der Waals surface area contributed by atoms with Crippen molar-refractivity contribution in [2.75, 3.05) is 24.7 Å². The predicted octanol–water partition coefficient (Wildman–Crippen LogP) is 3.47. The molecule has 2 N–H and O–H groups in total. The van der Waals surface area contributed by atoms with E-state index in [1.807, 2.05) is 20.2 Å². The summed E-state index contributed by atoms with van der Waals surface area (Å²) in [7, 11) is 3.72. The van der Waals surface area contributed by atoms with Crippen molar-refractivity contribution >= 4 is 39.8 Å². The van der Waals surface area contributed by atoms with E-state index in [4.69, 9.17) is 0 Å². The zero-order valence-corrected chi connectivity index (χ0v) is 13.1. The van der Waals surface area contributed by atoms with Gasteiger partial charge in [-0.3, -0.25) is 0 Å². The Morgan fingerprint density at radius 1 is 0.955 bits per heavy atom. The number of anilines is 2. The first-order valence-corrected chi connectivity index (χ1v) is 7.33. The van der Waals surface area contributed by atoms with Gasteiger partial charge in [0, 0.05) is 30.4 Å². The number of hydrogen-bond acceptors (Lipinski definition) is 5. The van der Waals surface area contributed by atoms with Gasteiger partial charge >= 0.3 is 0 Å². The van der Waals surface area contributed by atoms with E-state index in [0.717, 1.165) is 34.4 Å². The first-order valence-electron chi connectivity index (χ1n) is 7.33. The first kappa shape index (κ1) is 14.3. The van der Waals surface area contributed by atoms with Gasteiger partial charge in [0.05, 0.1) is 0 Å². The lowest BCUT2D eigenvalue weighted by molar-refractivity contribution is 1.11. The maximum atomic E-state index is 4.61. The number of aromatic nitrogens is 3. The molecule has 0 aliphatic rings. The first-order chi connectivity index (χ1) is 10.7. The molecule has 3 rings (SSSR count). The van der Waals surface area contributed by atoms with Crippen LogP contribution in [0.4, 0.5) is 11.6 Å². The van der Waals surface area contributed by atoms with Gasteiger partial charge in [-0.25, -0.2) is 15.0 Å². The van der Waals surface area contributed by atoms with E-state index in [2.05, 4.69) is 51.2 Å². The van der Waals surface area contributed by atoms with E-state index in [1.54, 1.807) is 6.08 Å². The Hall–Kier alpha value is -2.69. The van der Waals surface area contributed by atoms with Gasteiger partial charge in [0.1, 0.15) is 11.6 Å². The molecule has 5 nitrogen and oxygen atoms in total. The minimum Gasteiger partial charge on any atom is -0.373 e. The molecule has 0 atom stereocenters. The molecule has 3 aromatic rings. The summed E-state index contributed by atoms with van der Waals surface area (Å²) in [6.07, 6.45) is 2.72. The topological polar surface area (TPSA) is 62.7 Å². The van der Waals surface area contributed by atoms with Gasteiger partial charge in [-0.15, -0.1) is 0 Å². The van der Waals surface area contributed by atoms with Gasteiger partial charge < -0.3 is 10.6 Å². The largest absolute Gasteiger partial charge is 0.373 e. The van der Waals surface area contributed by atoms with Gasteiger partial charge in [-0.2, -0.15) is 0 Å². The van der Waals surface area contributed by atoms with Gasteiger partial charge in [0.15, 0.2) is 11.3 Å². The van der Waals surface area contributed by atoms with Gasteiger partial charge in [0.25, 0.3) is 0 Å². The van der Waals surface area contributed by atoms with Crippen LogP contribution >= 0.6 is 0 Å². The van der Waals surface area contributed by atoms with Crippen molar-refractivity contribution in [3.8, 4) is 0 Å². The third-order valence-corrected chi connectivity index (χ3v) is 3.77. The molecule has 112 valence electrons. The van der Waals surface area contributed by atoms with Crippen molar-refractivity contribution in [2.45, 2.75) is 13.3 Å². The summed E-state index contributed by atoms with van der Waals surface area (Å²) >= 11 is 0. The lowest BCUT2D eigenvalue weighted by Crippen LogP contribution is -2.01. The van der Waals surface area contributed by atoms with Crippen LogP contribution in [0.3, 0.4) is 0 Å². The van der Waals surface area contributed by atoms with E-state index in [1.165, 1.54) is 5.56 Å². The molecule has 5 heteroatoms. The lowest BCUT2D eigenvalue weighted by Gasteiger charge is -2.10. The number of pyridine rings is 3. The smallest absolute Gasteiger partial charge is 0.164 e. The average Bonchev–Trinajstić information content (AvgIpc) is 2.57. The molecule has 0 unspecified atom stereocenters. The van der Waals surface area contributed by atoms with E-state index < -0.39 is 0 Å². The molecule has 0 aliphatic carbocycles. The number of nitrogens with one attached hydrogen (secondary N) is 2. The number of hydrogen-bond donors (Lipinski definition) is 2. The van der Waals surface area contributed by atoms with Crippen LogP contribution in [0, 0.1) is 0 Å². The molecule has 0 bridgehead atoms. The highest BCUT2D eigenvalue weighted by molar-refractivity contribution is 5.92. The highest BCUT2D eigenvalue weighted by Crippen LogP contribution is 2.25. The second-order valence-electron chi connectivity index (χ2n) is 5.06. The van der Waals surface area contributed by atoms with Gasteiger partial charge in [0.2, 0.25) is 0 Å². The molecule has 0 saturated carbocycles. The van der Waals surface area contributed by atoms with Crippen LogP contribution in [0.15, 0.2) is 24.8 Å². The minimum atomic E-state index is 0.682. The second-order valence-corrected chi connectivity index (χ2v) is 5.06. The van der Waals surface area contributed by atoms with Crippen molar-refractivity contribution < 1.29 is 0 Å². The summed E-state index contributed by atoms with van der Waals surface area (Å²) in [5.74, 6) is 1.65. The SMILES string of the molecule is C=Cc1cc2cc3cc(CC)c(NC)nc3nc2nc1NC. The van der Waals surface area contributed by atoms with Crippen LogP contribution in [-0.2, 0) is 6.42 Å². The van der Waals surface area contributed by atoms with Crippen LogP contribution in [0.5, 0.6) is 0 Å². The monoisotopic (exact) mass is 293 g/mol. The highest BCUT2D eigenvalue weighted by atomic mass is 15.0. The van der Waals surface area contributed by atoms with Crippen molar-refractivity contribution in [3.05, 3.63) is 35.9 Å². The lowest BCUT2D eigenvalue weighted by atomic mass is 10.1. The Morgan fingerprint density at radius 3 is 2.18 bits per heavy atom. The zero-order valence-electron chi connectivity index (χ0n) is 13.1. The average molecular weight is 293 g/mol. The third-order valence-electron chi connectivity index (χ3n) is 3.77. The Kier molecular flexibility index (Phi) is 3.63. The summed E-state index contributed by atoms with van der Waals surface area (Å²) in [4.78, 5) is 13.8. The molecule has 0 aliphatic heterocycles. The fourth-order valence-electron chi connectivity index (χ4n) is 2.60. The molecule has 0 aromatic carbocycles. The van der Waals surface area contributed by atoms with Crippen LogP contribution in [-0.4, -0.2) is 29.0 Å². The molecule has 0 saturated heterocycles. The predicted molar refractivity (Wildman–Crippen MR) is 93.4 cm³/mol. The molecular formula is C17H19N5. The molecule has 3 aromatic heterocycles. The summed E-state index contributed by atoms with van der Waals surface area (Å²) in [5, 5.41) is 8.22. The second kappa shape index (κ2) is 5.60. The molecule has 3 heterocycles. The van der Waals surface area contributed by atoms with E-state index in [0.29, 0.717) is 11.3 Å². The fourth-order valence-corrected chi connectivity index (χ4v) is 2.60. The number of nitrogens with zero attached hydrogens (tertiary/aromatic N) is 3. The molecule has 0 amide bonds. The molecule has 22 heavy (non-hydrogen) atoms. The fraction of sp³-hybridized carbons (Fsp3) is 0.235. The summed E-state index contributed by atoms with van der Waals surface area (Å²) in [6, 6.07) is 6.27. The molecule has 0 radical (unpaired) electrons. The Morgan fingerprint density at radius 2 is 1.59 bits per heavy atom. The molecule has 0 spiro atoms. The zero-order chi connectivity index (χ0) is 15.7. The summed E-state index contributed by atoms with van der Waals surface area (Å²) in [5.41, 5.74) is 3.53. The van der Waals surface area contributed by atoms with Gasteiger partial charge in [-0.1, -0.05) is 19.6 Å². The van der Waals surface area contributed by atoms with Crippen molar-refractivity contribution in [1.82, 2.24) is 15.0 Å². The number of fused-ring (bicyclic) bond motifs is 2. The third kappa shape index (κ3) is 2.24. The minimum absolute atomic E-state index is 0.682. The normalized spacial score (nSPS) is 10.9. The van der Waals surface area contributed by atoms with Gasteiger partial charge in [-0.05, 0) is 30.2 Å². The summed E-state index contributed by atoms with van der Waals surface area (Å²) in [6.45, 7) is 5.96. The number of rotatable bonds is 4. The van der Waals surface area contributed by atoms with Crippen molar-refractivity contribution in [2.24, 2.45) is 0 Å². The van der Waals surface area contributed by atoms with E-state index >= 15 is 0 Å². The standard InChI is InChI=1S/C17H19N5/c1-5-10-7-12-9-13-8-11(6-2)15(19-4)21-17(13)22-16(12)20-14(10)18-3/h5,7-9H,1,6H2,2-4H3,(H2,18,19,20,21,22). The Bertz CT molecular complexity index is 870. The number of aryl methyl sites for hydroxylation is 1. The quantitative estimate of drug-likeness (QED) is 0.721. The maximum Gasteiger partial charge on any atom is 0.164 e. The van der Waals surface area contributed by atoms with E-state index in [9.17, 15) is 0 Å². The summed E-state index contributed by atoms with van der Waals surface area (Å²) < 4.78 is 0. The van der Waals surface area contributed by atoms with E-state index in [-0.39, 0.29) is 0 Å².